The first-order valence-corrected chi connectivity index (χ1v) is 5.35. The maximum atomic E-state index is 12.0. The van der Waals surface area contributed by atoms with Crippen LogP contribution in [-0.2, 0) is 0 Å². The van der Waals surface area contributed by atoms with Gasteiger partial charge in [0.2, 0.25) is 5.88 Å². The lowest BCUT2D eigenvalue weighted by Crippen LogP contribution is -2.34. The lowest BCUT2D eigenvalue weighted by atomic mass is 10.3. The molecule has 0 aliphatic heterocycles. The van der Waals surface area contributed by atoms with Gasteiger partial charge in [-0.2, -0.15) is 0 Å². The van der Waals surface area contributed by atoms with E-state index in [9.17, 15) is 4.79 Å². The van der Waals surface area contributed by atoms with E-state index in [4.69, 9.17) is 4.52 Å². The van der Waals surface area contributed by atoms with E-state index in [1.165, 1.54) is 6.20 Å². The second kappa shape index (κ2) is 5.16. The fourth-order valence-corrected chi connectivity index (χ4v) is 1.50. The molecule has 0 unspecified atom stereocenters. The van der Waals surface area contributed by atoms with E-state index in [1.54, 1.807) is 11.0 Å². The molecule has 0 fully saturated rings. The molecule has 0 atom stereocenters. The molecular formula is C12H13N3O2. The molecule has 1 N–H and O–H groups in total. The van der Waals surface area contributed by atoms with Crippen LogP contribution in [0.1, 0.15) is 6.92 Å². The minimum absolute atomic E-state index is 0.240. The Morgan fingerprint density at radius 2 is 2.12 bits per heavy atom. The van der Waals surface area contributed by atoms with Crippen LogP contribution < -0.4 is 10.2 Å². The number of aromatic nitrogens is 1. The summed E-state index contributed by atoms with van der Waals surface area (Å²) in [7, 11) is 0. The lowest BCUT2D eigenvalue weighted by Gasteiger charge is -2.20. The van der Waals surface area contributed by atoms with Crippen LogP contribution in [0.4, 0.5) is 16.4 Å². The predicted molar refractivity (Wildman–Crippen MR) is 65.0 cm³/mol. The van der Waals surface area contributed by atoms with Gasteiger partial charge in [-0.1, -0.05) is 23.4 Å². The van der Waals surface area contributed by atoms with Crippen LogP contribution in [0.15, 0.2) is 47.1 Å². The maximum absolute atomic E-state index is 12.0. The molecule has 5 heteroatoms. The Bertz CT molecular complexity index is 468. The summed E-state index contributed by atoms with van der Waals surface area (Å²) in [5, 5.41) is 6.15. The van der Waals surface area contributed by atoms with Crippen molar-refractivity contribution in [1.29, 1.82) is 0 Å². The Kier molecular flexibility index (Phi) is 3.40. The van der Waals surface area contributed by atoms with Crippen LogP contribution >= 0.6 is 0 Å². The number of amides is 2. The van der Waals surface area contributed by atoms with Gasteiger partial charge >= 0.3 is 6.03 Å². The van der Waals surface area contributed by atoms with Crippen LogP contribution in [0.2, 0.25) is 0 Å². The van der Waals surface area contributed by atoms with Crippen molar-refractivity contribution in [3.05, 3.63) is 42.6 Å². The van der Waals surface area contributed by atoms with Crippen LogP contribution in [-0.4, -0.2) is 17.7 Å². The third-order valence-corrected chi connectivity index (χ3v) is 2.30. The molecule has 0 saturated heterocycles. The number of nitrogens with zero attached hydrogens (tertiary/aromatic N) is 2. The number of anilines is 2. The summed E-state index contributed by atoms with van der Waals surface area (Å²) in [6.45, 7) is 2.48. The fourth-order valence-electron chi connectivity index (χ4n) is 1.50. The molecule has 1 aromatic heterocycles. The smallest absolute Gasteiger partial charge is 0.328 e. The van der Waals surface area contributed by atoms with E-state index in [0.29, 0.717) is 12.4 Å². The Hall–Kier alpha value is -2.30. The quantitative estimate of drug-likeness (QED) is 0.883. The monoisotopic (exact) mass is 231 g/mol. The first-order chi connectivity index (χ1) is 8.31. The van der Waals surface area contributed by atoms with E-state index in [1.807, 2.05) is 37.3 Å². The Labute approximate surface area is 99.0 Å². The molecule has 0 aliphatic carbocycles. The highest BCUT2D eigenvalue weighted by Crippen LogP contribution is 2.14. The zero-order valence-corrected chi connectivity index (χ0v) is 9.46. The molecular weight excluding hydrogens is 218 g/mol. The number of rotatable bonds is 3. The minimum atomic E-state index is -0.240. The average Bonchev–Trinajstić information content (AvgIpc) is 2.84. The number of benzene rings is 1. The van der Waals surface area contributed by atoms with Crippen molar-refractivity contribution < 1.29 is 9.32 Å². The number of urea groups is 1. The number of nitrogens with one attached hydrogen (secondary N) is 1. The molecule has 0 spiro atoms. The summed E-state index contributed by atoms with van der Waals surface area (Å²) in [6.07, 6.45) is 1.48. The van der Waals surface area contributed by atoms with Crippen molar-refractivity contribution in [2.24, 2.45) is 0 Å². The number of hydrogen-bond donors (Lipinski definition) is 1. The Morgan fingerprint density at radius 1 is 1.35 bits per heavy atom. The second-order valence-corrected chi connectivity index (χ2v) is 3.39. The summed E-state index contributed by atoms with van der Waals surface area (Å²) in [6, 6.07) is 10.8. The minimum Gasteiger partial charge on any atom is -0.338 e. The van der Waals surface area contributed by atoms with E-state index in [-0.39, 0.29) is 6.03 Å². The number of para-hydroxylation sites is 1. The highest BCUT2D eigenvalue weighted by molar-refractivity contribution is 6.00. The fraction of sp³-hybridized carbons (Fsp3) is 0.167. The lowest BCUT2D eigenvalue weighted by molar-refractivity contribution is 0.256. The molecule has 17 heavy (non-hydrogen) atoms. The molecule has 88 valence electrons. The predicted octanol–water partition coefficient (Wildman–Crippen LogP) is 2.73. The SMILES string of the molecule is CCN(C(=O)Nc1ccno1)c1ccccc1. The van der Waals surface area contributed by atoms with Crippen LogP contribution in [0.25, 0.3) is 0 Å². The van der Waals surface area contributed by atoms with Gasteiger partial charge in [0.05, 0.1) is 6.20 Å². The molecule has 1 heterocycles. The van der Waals surface area contributed by atoms with E-state index in [2.05, 4.69) is 10.5 Å². The van der Waals surface area contributed by atoms with Gasteiger partial charge in [-0.25, -0.2) is 4.79 Å². The summed E-state index contributed by atoms with van der Waals surface area (Å²) in [5.74, 6) is 0.337. The van der Waals surface area contributed by atoms with Crippen molar-refractivity contribution in [2.75, 3.05) is 16.8 Å². The molecule has 2 amide bonds. The number of carbonyl (C=O) groups is 1. The van der Waals surface area contributed by atoms with E-state index >= 15 is 0 Å². The summed E-state index contributed by atoms with van der Waals surface area (Å²) in [5.41, 5.74) is 0.840. The van der Waals surface area contributed by atoms with Gasteiger partial charge in [0.1, 0.15) is 0 Å². The zero-order valence-electron chi connectivity index (χ0n) is 9.46. The molecule has 0 bridgehead atoms. The van der Waals surface area contributed by atoms with Crippen LogP contribution in [0.5, 0.6) is 0 Å². The van der Waals surface area contributed by atoms with E-state index in [0.717, 1.165) is 5.69 Å². The summed E-state index contributed by atoms with van der Waals surface area (Å²) in [4.78, 5) is 13.6. The van der Waals surface area contributed by atoms with Gasteiger partial charge in [-0.05, 0) is 19.1 Å². The third-order valence-electron chi connectivity index (χ3n) is 2.30. The van der Waals surface area contributed by atoms with Crippen LogP contribution in [0, 0.1) is 0 Å². The number of carbonyl (C=O) groups excluding carboxylic acids is 1. The number of hydrogen-bond acceptors (Lipinski definition) is 3. The molecule has 0 aliphatic rings. The Morgan fingerprint density at radius 3 is 2.71 bits per heavy atom. The van der Waals surface area contributed by atoms with Gasteiger partial charge in [0, 0.05) is 18.3 Å². The molecule has 0 radical (unpaired) electrons. The van der Waals surface area contributed by atoms with Crippen molar-refractivity contribution in [2.45, 2.75) is 6.92 Å². The van der Waals surface area contributed by atoms with Crippen molar-refractivity contribution in [3.63, 3.8) is 0 Å². The van der Waals surface area contributed by atoms with Crippen molar-refractivity contribution >= 4 is 17.6 Å². The molecule has 2 aromatic rings. The highest BCUT2D eigenvalue weighted by atomic mass is 16.5. The van der Waals surface area contributed by atoms with Gasteiger partial charge in [0.25, 0.3) is 0 Å². The Balaban J connectivity index is 2.11. The van der Waals surface area contributed by atoms with Crippen molar-refractivity contribution in [3.8, 4) is 0 Å². The van der Waals surface area contributed by atoms with Crippen LogP contribution in [0.3, 0.4) is 0 Å². The molecule has 0 saturated carbocycles. The first kappa shape index (κ1) is 11.2. The average molecular weight is 231 g/mol. The molecule has 1 aromatic carbocycles. The normalized spacial score (nSPS) is 9.94. The van der Waals surface area contributed by atoms with Gasteiger partial charge in [-0.3, -0.25) is 10.2 Å². The van der Waals surface area contributed by atoms with Gasteiger partial charge in [-0.15, -0.1) is 0 Å². The largest absolute Gasteiger partial charge is 0.338 e. The second-order valence-electron chi connectivity index (χ2n) is 3.39. The topological polar surface area (TPSA) is 58.4 Å². The molecule has 2 rings (SSSR count). The standard InChI is InChI=1S/C12H13N3O2/c1-2-15(10-6-4-3-5-7-10)12(16)14-11-8-9-13-17-11/h3-9H,2H2,1H3,(H,14,16). The van der Waals surface area contributed by atoms with Crippen molar-refractivity contribution in [1.82, 2.24) is 5.16 Å². The van der Waals surface area contributed by atoms with Gasteiger partial charge in [0.15, 0.2) is 0 Å². The third kappa shape index (κ3) is 2.63. The maximum Gasteiger partial charge on any atom is 0.328 e. The zero-order chi connectivity index (χ0) is 12.1. The van der Waals surface area contributed by atoms with Gasteiger partial charge < -0.3 is 4.52 Å². The van der Waals surface area contributed by atoms with E-state index < -0.39 is 0 Å². The summed E-state index contributed by atoms with van der Waals surface area (Å²) < 4.78 is 4.83. The molecule has 5 nitrogen and oxygen atoms in total. The first-order valence-electron chi connectivity index (χ1n) is 5.35. The highest BCUT2D eigenvalue weighted by Gasteiger charge is 2.14. The summed E-state index contributed by atoms with van der Waals surface area (Å²) >= 11 is 0.